The number of alkyl carbamates (subject to hydrolysis) is 1. The predicted octanol–water partition coefficient (Wildman–Crippen LogP) is -0.327. The van der Waals surface area contributed by atoms with Crippen molar-refractivity contribution in [3.63, 3.8) is 0 Å². The Morgan fingerprint density at radius 2 is 1.69 bits per heavy atom. The third-order valence-corrected chi connectivity index (χ3v) is 6.37. The van der Waals surface area contributed by atoms with Crippen molar-refractivity contribution in [3.05, 3.63) is 35.9 Å². The Bertz CT molecular complexity index is 1140. The smallest absolute Gasteiger partial charge is 0.407 e. The zero-order chi connectivity index (χ0) is 31.2. The molecule has 0 radical (unpaired) electrons. The van der Waals surface area contributed by atoms with Gasteiger partial charge in [-0.3, -0.25) is 28.8 Å². The molecule has 0 bridgehead atoms. The lowest BCUT2D eigenvalue weighted by atomic mass is 10.1. The number of Topliss-reactive ketones (excluding diaryl/α,β-unsaturated/α-hetero) is 1. The first-order valence-electron chi connectivity index (χ1n) is 13.9. The Kier molecular flexibility index (Phi) is 13.4. The van der Waals surface area contributed by atoms with Gasteiger partial charge < -0.3 is 36.6 Å². The first-order valence-corrected chi connectivity index (χ1v) is 13.9. The molecule has 1 saturated heterocycles. The number of carbonyl (C=O) groups is 7. The van der Waals surface area contributed by atoms with E-state index in [1.54, 1.807) is 37.3 Å². The van der Waals surface area contributed by atoms with Crippen molar-refractivity contribution in [1.29, 1.82) is 0 Å². The molecule has 1 aliphatic heterocycles. The molecule has 14 heteroatoms. The molecule has 0 aromatic heterocycles. The van der Waals surface area contributed by atoms with E-state index in [0.717, 1.165) is 0 Å². The molecule has 42 heavy (non-hydrogen) atoms. The van der Waals surface area contributed by atoms with Crippen LogP contribution in [0.3, 0.4) is 0 Å². The van der Waals surface area contributed by atoms with Gasteiger partial charge in [0.15, 0.2) is 0 Å². The molecule has 0 saturated carbocycles. The summed E-state index contributed by atoms with van der Waals surface area (Å²) < 4.78 is 4.98. The van der Waals surface area contributed by atoms with Gasteiger partial charge in [-0.25, -0.2) is 4.79 Å². The maximum atomic E-state index is 13.1. The van der Waals surface area contributed by atoms with Gasteiger partial charge in [0.1, 0.15) is 18.6 Å². The second kappa shape index (κ2) is 16.7. The van der Waals surface area contributed by atoms with Gasteiger partial charge in [0.05, 0.1) is 19.2 Å². The second-order valence-electron chi connectivity index (χ2n) is 10.3. The summed E-state index contributed by atoms with van der Waals surface area (Å²) in [5.41, 5.74) is 5.84. The van der Waals surface area contributed by atoms with Crippen molar-refractivity contribution in [2.24, 2.45) is 11.7 Å². The van der Waals surface area contributed by atoms with Crippen LogP contribution in [0.4, 0.5) is 4.79 Å². The quantitative estimate of drug-likeness (QED) is 0.171. The first-order chi connectivity index (χ1) is 19.9. The number of hydrogen-bond acceptors (Lipinski definition) is 8. The third kappa shape index (κ3) is 10.5. The number of rotatable bonds is 15. The molecule has 1 aromatic rings. The van der Waals surface area contributed by atoms with Crippen molar-refractivity contribution < 1.29 is 38.3 Å². The van der Waals surface area contributed by atoms with E-state index in [9.17, 15) is 33.6 Å². The number of benzene rings is 1. The molecular weight excluding hydrogens is 548 g/mol. The second-order valence-corrected chi connectivity index (χ2v) is 10.3. The van der Waals surface area contributed by atoms with Gasteiger partial charge in [-0.2, -0.15) is 0 Å². The van der Waals surface area contributed by atoms with Gasteiger partial charge >= 0.3 is 6.09 Å². The molecule has 14 nitrogen and oxygen atoms in total. The van der Waals surface area contributed by atoms with Crippen molar-refractivity contribution in [1.82, 2.24) is 26.2 Å². The maximum absolute atomic E-state index is 13.1. The molecule has 0 spiro atoms. The van der Waals surface area contributed by atoms with E-state index in [-0.39, 0.29) is 32.0 Å². The number of nitrogens with two attached hydrogens (primary N) is 1. The molecule has 1 aliphatic rings. The molecule has 230 valence electrons. The lowest BCUT2D eigenvalue weighted by Gasteiger charge is -2.26. The van der Waals surface area contributed by atoms with E-state index in [4.69, 9.17) is 10.5 Å². The number of likely N-dealkylation sites (tertiary alicyclic amines) is 1. The number of primary amides is 1. The summed E-state index contributed by atoms with van der Waals surface area (Å²) in [5, 5.41) is 9.56. The van der Waals surface area contributed by atoms with E-state index in [2.05, 4.69) is 21.3 Å². The van der Waals surface area contributed by atoms with Crippen molar-refractivity contribution in [2.75, 3.05) is 26.2 Å². The molecule has 1 fully saturated rings. The number of hydrogen-bond donors (Lipinski definition) is 5. The molecule has 1 aromatic carbocycles. The predicted molar refractivity (Wildman–Crippen MR) is 150 cm³/mol. The van der Waals surface area contributed by atoms with E-state index >= 15 is 0 Å². The molecule has 2 unspecified atom stereocenters. The largest absolute Gasteiger partial charge is 0.449 e. The summed E-state index contributed by atoms with van der Waals surface area (Å²) in [4.78, 5) is 88.5. The van der Waals surface area contributed by atoms with Gasteiger partial charge in [-0.1, -0.05) is 57.5 Å². The minimum Gasteiger partial charge on any atom is -0.449 e. The van der Waals surface area contributed by atoms with Gasteiger partial charge in [0, 0.05) is 6.54 Å². The van der Waals surface area contributed by atoms with Crippen LogP contribution in [0, 0.1) is 5.92 Å². The summed E-state index contributed by atoms with van der Waals surface area (Å²) >= 11 is 0. The monoisotopic (exact) mass is 588 g/mol. The summed E-state index contributed by atoms with van der Waals surface area (Å²) in [7, 11) is 0. The highest BCUT2D eigenvalue weighted by atomic mass is 16.5. The molecule has 6 amide bonds. The van der Waals surface area contributed by atoms with Crippen LogP contribution in [0.5, 0.6) is 0 Å². The summed E-state index contributed by atoms with van der Waals surface area (Å²) in [6.07, 6.45) is 0.746. The lowest BCUT2D eigenvalue weighted by Crippen LogP contribution is -2.54. The highest BCUT2D eigenvalue weighted by molar-refractivity contribution is 6.38. The maximum Gasteiger partial charge on any atom is 0.407 e. The number of ether oxygens (including phenoxy) is 1. The molecule has 0 aliphatic carbocycles. The van der Waals surface area contributed by atoms with Crippen molar-refractivity contribution in [3.8, 4) is 0 Å². The van der Waals surface area contributed by atoms with Gasteiger partial charge in [0.2, 0.25) is 29.4 Å². The van der Waals surface area contributed by atoms with E-state index in [1.807, 2.05) is 13.8 Å². The van der Waals surface area contributed by atoms with Crippen LogP contribution in [0.2, 0.25) is 0 Å². The first kappa shape index (κ1) is 33.7. The fourth-order valence-electron chi connectivity index (χ4n) is 4.29. The molecule has 2 rings (SSSR count). The van der Waals surface area contributed by atoms with Crippen LogP contribution in [0.25, 0.3) is 0 Å². The van der Waals surface area contributed by atoms with Crippen LogP contribution in [-0.4, -0.2) is 84.6 Å². The SMILES string of the molecule is CCCC(NC(=O)[C@@H]1CCCN1C(=O)CNC(=O)OCC(C)C)C(=O)C(=O)NCC(=O)NC(C(N)=O)c1ccccc1. The third-order valence-electron chi connectivity index (χ3n) is 6.37. The number of amides is 6. The molecule has 1 heterocycles. The van der Waals surface area contributed by atoms with E-state index < -0.39 is 66.1 Å². The Balaban J connectivity index is 1.92. The summed E-state index contributed by atoms with van der Waals surface area (Å²) in [6.45, 7) is 5.03. The Morgan fingerprint density at radius 1 is 1.00 bits per heavy atom. The normalized spacial score (nSPS) is 15.7. The fraction of sp³-hybridized carbons (Fsp3) is 0.536. The molecule has 6 N–H and O–H groups in total. The highest BCUT2D eigenvalue weighted by Gasteiger charge is 2.36. The summed E-state index contributed by atoms with van der Waals surface area (Å²) in [5.74, 6) is -4.56. The lowest BCUT2D eigenvalue weighted by molar-refractivity contribution is -0.142. The van der Waals surface area contributed by atoms with E-state index in [1.165, 1.54) is 4.90 Å². The summed E-state index contributed by atoms with van der Waals surface area (Å²) in [6, 6.07) is 5.08. The fourth-order valence-corrected chi connectivity index (χ4v) is 4.29. The number of nitrogens with zero attached hydrogens (tertiary/aromatic N) is 1. The number of ketones is 1. The highest BCUT2D eigenvalue weighted by Crippen LogP contribution is 2.18. The van der Waals surface area contributed by atoms with Crippen LogP contribution in [-0.2, 0) is 33.5 Å². The van der Waals surface area contributed by atoms with Crippen LogP contribution >= 0.6 is 0 Å². The zero-order valence-electron chi connectivity index (χ0n) is 24.1. The van der Waals surface area contributed by atoms with Crippen LogP contribution in [0.1, 0.15) is 58.1 Å². The average molecular weight is 589 g/mol. The topological polar surface area (TPSA) is 206 Å². The molecule has 3 atom stereocenters. The standard InChI is InChI=1S/C28H40N6O8/c1-4-9-19(24(37)27(40)30-14-21(35)33-23(25(29)38)18-10-6-5-7-11-18)32-26(39)20-12-8-13-34(20)22(36)15-31-28(41)42-16-17(2)3/h5-7,10-11,17,19-20,23H,4,8-9,12-16H2,1-3H3,(H2,29,38)(H,30,40)(H,31,41)(H,32,39)(H,33,35)/t19?,20-,23?/m0/s1. The van der Waals surface area contributed by atoms with Gasteiger partial charge in [-0.05, 0) is 30.7 Å². The Morgan fingerprint density at radius 3 is 2.31 bits per heavy atom. The minimum absolute atomic E-state index is 0.130. The van der Waals surface area contributed by atoms with Crippen molar-refractivity contribution in [2.45, 2.75) is 64.6 Å². The Labute approximate surface area is 244 Å². The van der Waals surface area contributed by atoms with Crippen molar-refractivity contribution >= 4 is 41.4 Å². The van der Waals surface area contributed by atoms with Crippen LogP contribution in [0.15, 0.2) is 30.3 Å². The van der Waals surface area contributed by atoms with Crippen LogP contribution < -0.4 is 27.0 Å². The minimum atomic E-state index is -1.19. The average Bonchev–Trinajstić information content (AvgIpc) is 3.46. The zero-order valence-corrected chi connectivity index (χ0v) is 24.1. The van der Waals surface area contributed by atoms with E-state index in [0.29, 0.717) is 24.8 Å². The number of carbonyl (C=O) groups excluding carboxylic acids is 7. The van der Waals surface area contributed by atoms with Gasteiger partial charge in [0.25, 0.3) is 5.91 Å². The Hall–Kier alpha value is -4.49. The van der Waals surface area contributed by atoms with Gasteiger partial charge in [-0.15, -0.1) is 0 Å². The number of nitrogens with one attached hydrogen (secondary N) is 4. The molecular formula is C28H40N6O8.